The van der Waals surface area contributed by atoms with Crippen LogP contribution in [0.4, 0.5) is 0 Å². The summed E-state index contributed by atoms with van der Waals surface area (Å²) < 4.78 is 10.6. The third-order valence-electron chi connectivity index (χ3n) is 3.51. The predicted molar refractivity (Wildman–Crippen MR) is 81.1 cm³/mol. The number of ether oxygens (including phenoxy) is 2. The van der Waals surface area contributed by atoms with E-state index in [0.717, 1.165) is 16.3 Å². The molecule has 21 heavy (non-hydrogen) atoms. The number of phenols is 1. The Bertz CT molecular complexity index is 669. The molecule has 0 bridgehead atoms. The molecular formula is C15H18N2O3S. The second-order valence-electron chi connectivity index (χ2n) is 5.12. The normalized spacial score (nSPS) is 14.4. The van der Waals surface area contributed by atoms with Gasteiger partial charge >= 0.3 is 0 Å². The highest BCUT2D eigenvalue weighted by molar-refractivity contribution is 7.11. The van der Waals surface area contributed by atoms with Gasteiger partial charge in [-0.05, 0) is 26.8 Å². The molecule has 6 heteroatoms. The Morgan fingerprint density at radius 3 is 2.71 bits per heavy atom. The molecular weight excluding hydrogens is 288 g/mol. The fraction of sp³-hybridized carbons (Fsp3) is 0.400. The average molecular weight is 306 g/mol. The highest BCUT2D eigenvalue weighted by atomic mass is 32.1. The third kappa shape index (κ3) is 2.82. The Kier molecular flexibility index (Phi) is 3.73. The smallest absolute Gasteiger partial charge is 0.231 e. The van der Waals surface area contributed by atoms with Crippen LogP contribution in [-0.2, 0) is 6.54 Å². The van der Waals surface area contributed by atoms with Gasteiger partial charge < -0.3 is 19.9 Å². The Labute approximate surface area is 127 Å². The molecule has 1 aliphatic heterocycles. The summed E-state index contributed by atoms with van der Waals surface area (Å²) in [5, 5.41) is 14.5. The van der Waals surface area contributed by atoms with Crippen molar-refractivity contribution >= 4 is 11.3 Å². The van der Waals surface area contributed by atoms with Crippen LogP contribution in [0.3, 0.4) is 0 Å². The Hall–Kier alpha value is -1.79. The quantitative estimate of drug-likeness (QED) is 0.909. The van der Waals surface area contributed by atoms with Crippen molar-refractivity contribution in [1.29, 1.82) is 0 Å². The van der Waals surface area contributed by atoms with Gasteiger partial charge in [-0.1, -0.05) is 0 Å². The molecule has 1 aromatic carbocycles. The number of hydrogen-bond donors (Lipinski definition) is 2. The van der Waals surface area contributed by atoms with Crippen LogP contribution in [-0.4, -0.2) is 16.9 Å². The number of aromatic hydroxyl groups is 1. The first kappa shape index (κ1) is 14.2. The van der Waals surface area contributed by atoms with E-state index in [2.05, 4.69) is 17.2 Å². The number of rotatable bonds is 4. The number of hydrogen-bond acceptors (Lipinski definition) is 6. The fourth-order valence-electron chi connectivity index (χ4n) is 2.42. The molecule has 0 aliphatic carbocycles. The average Bonchev–Trinajstić information content (AvgIpc) is 3.01. The Morgan fingerprint density at radius 2 is 2.05 bits per heavy atom. The van der Waals surface area contributed by atoms with E-state index in [1.54, 1.807) is 17.4 Å². The van der Waals surface area contributed by atoms with Crippen molar-refractivity contribution in [1.82, 2.24) is 10.3 Å². The molecule has 5 nitrogen and oxygen atoms in total. The van der Waals surface area contributed by atoms with Crippen LogP contribution >= 0.6 is 11.3 Å². The van der Waals surface area contributed by atoms with Crippen molar-refractivity contribution in [2.24, 2.45) is 0 Å². The summed E-state index contributed by atoms with van der Waals surface area (Å²) in [6.07, 6.45) is 0. The number of fused-ring (bicyclic) bond motifs is 1. The van der Waals surface area contributed by atoms with Crippen LogP contribution in [0.15, 0.2) is 12.1 Å². The van der Waals surface area contributed by atoms with Crippen molar-refractivity contribution in [3.63, 3.8) is 0 Å². The van der Waals surface area contributed by atoms with E-state index in [0.29, 0.717) is 18.0 Å². The van der Waals surface area contributed by atoms with Crippen LogP contribution in [0.1, 0.15) is 34.1 Å². The predicted octanol–water partition coefficient (Wildman–Crippen LogP) is 3.05. The lowest BCUT2D eigenvalue weighted by molar-refractivity contribution is 0.174. The molecule has 3 rings (SSSR count). The van der Waals surface area contributed by atoms with Crippen molar-refractivity contribution in [3.8, 4) is 17.2 Å². The minimum atomic E-state index is 0.182. The maximum atomic E-state index is 10.0. The van der Waals surface area contributed by atoms with Gasteiger partial charge in [0.05, 0.1) is 10.7 Å². The maximum absolute atomic E-state index is 10.0. The zero-order valence-corrected chi connectivity index (χ0v) is 13.1. The maximum Gasteiger partial charge on any atom is 0.231 e. The van der Waals surface area contributed by atoms with Gasteiger partial charge in [-0.15, -0.1) is 11.3 Å². The molecule has 0 saturated heterocycles. The van der Waals surface area contributed by atoms with Crippen molar-refractivity contribution in [2.75, 3.05) is 6.79 Å². The number of aromatic nitrogens is 1. The molecule has 0 saturated carbocycles. The van der Waals surface area contributed by atoms with E-state index in [-0.39, 0.29) is 18.6 Å². The minimum absolute atomic E-state index is 0.182. The Morgan fingerprint density at radius 1 is 1.33 bits per heavy atom. The van der Waals surface area contributed by atoms with Gasteiger partial charge in [0, 0.05) is 29.1 Å². The van der Waals surface area contributed by atoms with Gasteiger partial charge in [-0.25, -0.2) is 4.98 Å². The second kappa shape index (κ2) is 5.54. The van der Waals surface area contributed by atoms with Crippen molar-refractivity contribution in [3.05, 3.63) is 33.3 Å². The van der Waals surface area contributed by atoms with Crippen LogP contribution in [0.25, 0.3) is 0 Å². The fourth-order valence-corrected chi connectivity index (χ4v) is 3.37. The summed E-state index contributed by atoms with van der Waals surface area (Å²) >= 11 is 1.70. The largest absolute Gasteiger partial charge is 0.507 e. The molecule has 0 amide bonds. The molecule has 2 aromatic rings. The van der Waals surface area contributed by atoms with Gasteiger partial charge in [0.1, 0.15) is 5.75 Å². The number of thiazole rings is 1. The van der Waals surface area contributed by atoms with Crippen LogP contribution in [0.5, 0.6) is 17.2 Å². The van der Waals surface area contributed by atoms with E-state index < -0.39 is 0 Å². The topological polar surface area (TPSA) is 63.6 Å². The summed E-state index contributed by atoms with van der Waals surface area (Å²) in [6, 6.07) is 3.61. The van der Waals surface area contributed by atoms with E-state index in [4.69, 9.17) is 9.47 Å². The third-order valence-corrected chi connectivity index (χ3v) is 4.76. The zero-order valence-electron chi connectivity index (χ0n) is 12.3. The van der Waals surface area contributed by atoms with Gasteiger partial charge in [0.2, 0.25) is 6.79 Å². The van der Waals surface area contributed by atoms with E-state index in [9.17, 15) is 5.11 Å². The first-order valence-corrected chi connectivity index (χ1v) is 7.65. The van der Waals surface area contributed by atoms with Crippen molar-refractivity contribution in [2.45, 2.75) is 33.4 Å². The zero-order chi connectivity index (χ0) is 15.0. The first-order chi connectivity index (χ1) is 10.0. The SMILES string of the molecule is Cc1nc(C)c(C(C)NCc2cc3c(cc2O)OCO3)s1. The molecule has 0 fully saturated rings. The molecule has 1 aliphatic rings. The van der Waals surface area contributed by atoms with Crippen LogP contribution < -0.4 is 14.8 Å². The molecule has 112 valence electrons. The highest BCUT2D eigenvalue weighted by Crippen LogP contribution is 2.37. The first-order valence-electron chi connectivity index (χ1n) is 6.83. The van der Waals surface area contributed by atoms with E-state index >= 15 is 0 Å². The number of benzene rings is 1. The molecule has 1 aromatic heterocycles. The number of aryl methyl sites for hydroxylation is 2. The van der Waals surface area contributed by atoms with Crippen molar-refractivity contribution < 1.29 is 14.6 Å². The minimum Gasteiger partial charge on any atom is -0.507 e. The molecule has 1 atom stereocenters. The molecule has 2 heterocycles. The van der Waals surface area contributed by atoms with Crippen LogP contribution in [0, 0.1) is 13.8 Å². The summed E-state index contributed by atoms with van der Waals surface area (Å²) in [6.45, 7) is 6.90. The van der Waals surface area contributed by atoms with E-state index in [1.165, 1.54) is 4.88 Å². The molecule has 0 spiro atoms. The summed E-state index contributed by atoms with van der Waals surface area (Å²) in [5.41, 5.74) is 1.86. The summed E-state index contributed by atoms with van der Waals surface area (Å²) in [5.74, 6) is 1.50. The highest BCUT2D eigenvalue weighted by Gasteiger charge is 2.18. The lowest BCUT2D eigenvalue weighted by Gasteiger charge is -2.14. The Balaban J connectivity index is 1.72. The van der Waals surface area contributed by atoms with Gasteiger partial charge in [0.25, 0.3) is 0 Å². The van der Waals surface area contributed by atoms with Crippen LogP contribution in [0.2, 0.25) is 0 Å². The lowest BCUT2D eigenvalue weighted by atomic mass is 10.1. The number of phenolic OH excluding ortho intramolecular Hbond substituents is 1. The number of nitrogens with one attached hydrogen (secondary N) is 1. The van der Waals surface area contributed by atoms with Gasteiger partial charge in [-0.2, -0.15) is 0 Å². The monoisotopic (exact) mass is 306 g/mol. The second-order valence-corrected chi connectivity index (χ2v) is 6.35. The standard InChI is InChI=1S/C15H18N2O3S/c1-8(15-9(2)17-10(3)21-15)16-6-11-4-13-14(5-12(11)18)20-7-19-13/h4-5,8,16,18H,6-7H2,1-3H3. The van der Waals surface area contributed by atoms with Gasteiger partial charge in [-0.3, -0.25) is 0 Å². The molecule has 1 unspecified atom stereocenters. The molecule has 0 radical (unpaired) electrons. The summed E-state index contributed by atoms with van der Waals surface area (Å²) in [7, 11) is 0. The lowest BCUT2D eigenvalue weighted by Crippen LogP contribution is -2.18. The van der Waals surface area contributed by atoms with E-state index in [1.807, 2.05) is 19.9 Å². The van der Waals surface area contributed by atoms with Gasteiger partial charge in [0.15, 0.2) is 11.5 Å². The summed E-state index contributed by atoms with van der Waals surface area (Å²) in [4.78, 5) is 5.67. The number of nitrogens with zero attached hydrogens (tertiary/aromatic N) is 1. The molecule has 2 N–H and O–H groups in total.